The van der Waals surface area contributed by atoms with Crippen LogP contribution in [0.5, 0.6) is 0 Å². The van der Waals surface area contributed by atoms with E-state index in [4.69, 9.17) is 5.11 Å². The van der Waals surface area contributed by atoms with Crippen LogP contribution in [0.3, 0.4) is 0 Å². The van der Waals surface area contributed by atoms with Gasteiger partial charge in [-0.15, -0.1) is 0 Å². The molecule has 0 amide bonds. The van der Waals surface area contributed by atoms with Gasteiger partial charge in [0.15, 0.2) is 0 Å². The van der Waals surface area contributed by atoms with Crippen molar-refractivity contribution in [1.82, 2.24) is 0 Å². The Labute approximate surface area is 55.9 Å². The number of carbonyl (C=O) groups excluding carboxylic acids is 1. The number of aliphatic hydroxyl groups excluding tert-OH is 1. The Balaban J connectivity index is 3.71. The first kappa shape index (κ1) is 8.63. The molecule has 0 aliphatic carbocycles. The van der Waals surface area contributed by atoms with Crippen molar-refractivity contribution in [2.45, 2.75) is 26.9 Å². The highest BCUT2D eigenvalue weighted by Crippen LogP contribution is 2.09. The largest absolute Gasteiger partial charge is 0.392 e. The zero-order valence-corrected chi connectivity index (χ0v) is 6.16. The van der Waals surface area contributed by atoms with Gasteiger partial charge in [0.1, 0.15) is 6.29 Å². The molecule has 0 unspecified atom stereocenters. The van der Waals surface area contributed by atoms with Crippen LogP contribution in [0, 0.1) is 11.8 Å². The molecule has 54 valence electrons. The van der Waals surface area contributed by atoms with E-state index in [0.717, 1.165) is 6.29 Å². The number of aldehydes is 1. The Morgan fingerprint density at radius 1 is 1.33 bits per heavy atom. The molecule has 0 fully saturated rings. The molecule has 0 heterocycles. The maximum absolute atomic E-state index is 10.1. The molecule has 2 atom stereocenters. The summed E-state index contributed by atoms with van der Waals surface area (Å²) in [5, 5.41) is 9.16. The predicted octanol–water partition coefficient (Wildman–Crippen LogP) is 0.838. The molecule has 0 aromatic heterocycles. The molecule has 0 aromatic rings. The van der Waals surface area contributed by atoms with Crippen molar-refractivity contribution in [3.8, 4) is 0 Å². The molecule has 1 N–H and O–H groups in total. The first-order valence-electron chi connectivity index (χ1n) is 3.23. The first-order valence-corrected chi connectivity index (χ1v) is 3.23. The van der Waals surface area contributed by atoms with Crippen LogP contribution >= 0.6 is 0 Å². The number of hydrogen-bond acceptors (Lipinski definition) is 2. The monoisotopic (exact) mass is 130 g/mol. The minimum absolute atomic E-state index is 0.171. The number of hydrogen-bond donors (Lipinski definition) is 1. The fourth-order valence-electron chi connectivity index (χ4n) is 0.688. The standard InChI is InChI=1S/C7H14O2/c1-5(2)7(9)6(3)4-8/h4-7,9H,1-3H3/t6-,7-/m0/s1. The van der Waals surface area contributed by atoms with Crippen LogP contribution in [-0.2, 0) is 4.79 Å². The van der Waals surface area contributed by atoms with Crippen LogP contribution in [0.15, 0.2) is 0 Å². The number of rotatable bonds is 3. The first-order chi connectivity index (χ1) is 4.09. The summed E-state index contributed by atoms with van der Waals surface area (Å²) in [7, 11) is 0. The average Bonchev–Trinajstić information content (AvgIpc) is 1.84. The molecule has 0 saturated carbocycles. The van der Waals surface area contributed by atoms with E-state index in [9.17, 15) is 4.79 Å². The predicted molar refractivity (Wildman–Crippen MR) is 36.1 cm³/mol. The summed E-state index contributed by atoms with van der Waals surface area (Å²) in [6.07, 6.45) is 0.299. The fraction of sp³-hybridized carbons (Fsp3) is 0.857. The van der Waals surface area contributed by atoms with Gasteiger partial charge in [-0.2, -0.15) is 0 Å². The van der Waals surface area contributed by atoms with Gasteiger partial charge in [-0.3, -0.25) is 0 Å². The smallest absolute Gasteiger partial charge is 0.125 e. The van der Waals surface area contributed by atoms with E-state index in [1.165, 1.54) is 0 Å². The Hall–Kier alpha value is -0.370. The molecule has 0 saturated heterocycles. The highest BCUT2D eigenvalue weighted by molar-refractivity contribution is 5.53. The third-order valence-electron chi connectivity index (χ3n) is 1.44. The van der Waals surface area contributed by atoms with Gasteiger partial charge in [0.2, 0.25) is 0 Å². The van der Waals surface area contributed by atoms with Crippen LogP contribution in [0.1, 0.15) is 20.8 Å². The van der Waals surface area contributed by atoms with Crippen molar-refractivity contribution in [2.75, 3.05) is 0 Å². The molecule has 2 heteroatoms. The van der Waals surface area contributed by atoms with Gasteiger partial charge in [-0.05, 0) is 5.92 Å². The van der Waals surface area contributed by atoms with Crippen molar-refractivity contribution >= 4 is 6.29 Å². The lowest BCUT2D eigenvalue weighted by molar-refractivity contribution is -0.114. The summed E-state index contributed by atoms with van der Waals surface area (Å²) in [5.41, 5.74) is 0. The van der Waals surface area contributed by atoms with E-state index in [0.29, 0.717) is 0 Å². The van der Waals surface area contributed by atoms with Crippen LogP contribution < -0.4 is 0 Å². The highest BCUT2D eigenvalue weighted by Gasteiger charge is 2.15. The van der Waals surface area contributed by atoms with Gasteiger partial charge >= 0.3 is 0 Å². The minimum atomic E-state index is -0.484. The maximum Gasteiger partial charge on any atom is 0.125 e. The molecule has 0 radical (unpaired) electrons. The molecule has 0 spiro atoms. The lowest BCUT2D eigenvalue weighted by Gasteiger charge is -2.16. The van der Waals surface area contributed by atoms with Gasteiger partial charge in [0.05, 0.1) is 6.10 Å². The zero-order chi connectivity index (χ0) is 7.44. The molecule has 9 heavy (non-hydrogen) atoms. The molecular formula is C7H14O2. The Bertz CT molecular complexity index is 88.9. The van der Waals surface area contributed by atoms with E-state index >= 15 is 0 Å². The molecule has 2 nitrogen and oxygen atoms in total. The second-order valence-electron chi connectivity index (χ2n) is 2.73. The fourth-order valence-corrected chi connectivity index (χ4v) is 0.688. The van der Waals surface area contributed by atoms with E-state index in [1.807, 2.05) is 13.8 Å². The lowest BCUT2D eigenvalue weighted by Crippen LogP contribution is -2.24. The van der Waals surface area contributed by atoms with E-state index in [-0.39, 0.29) is 11.8 Å². The summed E-state index contributed by atoms with van der Waals surface area (Å²) in [6, 6.07) is 0. The molecule has 0 aliphatic heterocycles. The zero-order valence-electron chi connectivity index (χ0n) is 6.16. The van der Waals surface area contributed by atoms with Gasteiger partial charge in [0.25, 0.3) is 0 Å². The summed E-state index contributed by atoms with van der Waals surface area (Å²) < 4.78 is 0. The van der Waals surface area contributed by atoms with E-state index in [1.54, 1.807) is 6.92 Å². The van der Waals surface area contributed by atoms with Gasteiger partial charge in [-0.25, -0.2) is 0 Å². The van der Waals surface area contributed by atoms with Gasteiger partial charge in [-0.1, -0.05) is 20.8 Å². The minimum Gasteiger partial charge on any atom is -0.392 e. The van der Waals surface area contributed by atoms with Crippen LogP contribution in [0.2, 0.25) is 0 Å². The van der Waals surface area contributed by atoms with Crippen molar-refractivity contribution in [1.29, 1.82) is 0 Å². The van der Waals surface area contributed by atoms with Crippen molar-refractivity contribution in [3.63, 3.8) is 0 Å². The van der Waals surface area contributed by atoms with E-state index < -0.39 is 6.10 Å². The van der Waals surface area contributed by atoms with Crippen molar-refractivity contribution < 1.29 is 9.90 Å². The maximum atomic E-state index is 10.1. The van der Waals surface area contributed by atoms with Crippen LogP contribution in [0.25, 0.3) is 0 Å². The second-order valence-corrected chi connectivity index (χ2v) is 2.73. The van der Waals surface area contributed by atoms with Crippen LogP contribution in [-0.4, -0.2) is 17.5 Å². The Morgan fingerprint density at radius 2 is 1.78 bits per heavy atom. The number of carbonyl (C=O) groups is 1. The average molecular weight is 130 g/mol. The molecule has 0 rings (SSSR count). The van der Waals surface area contributed by atoms with Crippen molar-refractivity contribution in [3.05, 3.63) is 0 Å². The number of aliphatic hydroxyl groups is 1. The summed E-state index contributed by atoms with van der Waals surface area (Å²) in [4.78, 5) is 10.1. The molecular weight excluding hydrogens is 116 g/mol. The molecule has 0 aromatic carbocycles. The van der Waals surface area contributed by atoms with Crippen molar-refractivity contribution in [2.24, 2.45) is 11.8 Å². The van der Waals surface area contributed by atoms with Gasteiger partial charge < -0.3 is 9.90 Å². The Kier molecular flexibility index (Phi) is 3.47. The highest BCUT2D eigenvalue weighted by atomic mass is 16.3. The summed E-state index contributed by atoms with van der Waals surface area (Å²) in [5.74, 6) is -0.0600. The van der Waals surface area contributed by atoms with E-state index in [2.05, 4.69) is 0 Å². The lowest BCUT2D eigenvalue weighted by atomic mass is 9.96. The van der Waals surface area contributed by atoms with Gasteiger partial charge in [0, 0.05) is 5.92 Å². The second kappa shape index (κ2) is 3.62. The third-order valence-corrected chi connectivity index (χ3v) is 1.44. The quantitative estimate of drug-likeness (QED) is 0.575. The SMILES string of the molecule is CC(C)[C@H](O)[C@@H](C)C=O. The summed E-state index contributed by atoms with van der Waals surface area (Å²) in [6.45, 7) is 5.51. The van der Waals surface area contributed by atoms with Crippen LogP contribution in [0.4, 0.5) is 0 Å². The topological polar surface area (TPSA) is 37.3 Å². The third kappa shape index (κ3) is 2.61. The molecule has 0 aliphatic rings. The normalized spacial score (nSPS) is 17.4. The molecule has 0 bridgehead atoms. The Morgan fingerprint density at radius 3 is 1.89 bits per heavy atom. The summed E-state index contributed by atoms with van der Waals surface area (Å²) >= 11 is 0.